The first kappa shape index (κ1) is 26.9. The maximum absolute atomic E-state index is 15.3. The Morgan fingerprint density at radius 3 is 2.62 bits per heavy atom. The molecule has 0 aliphatic rings. The Balaban J connectivity index is 1.37. The summed E-state index contributed by atoms with van der Waals surface area (Å²) in [4.78, 5) is 24.8. The minimum atomic E-state index is -1.03. The molecule has 3 aromatic heterocycles. The standard InChI is InChI=1S/C30H26F2N4O4/c1-18-6-7-21(22(31)12-18)17-40-28-5-3-4-25(35-28)29-23(32)13-19(16-33-29)14-27-34-24-9-8-20(30(37)38)15-26(24)36(27)10-11-39-2/h3-9,12-13,15-16H,10-11,14,17H2,1-2H3,(H,37,38). The van der Waals surface area contributed by atoms with Gasteiger partial charge < -0.3 is 19.1 Å². The van der Waals surface area contributed by atoms with Gasteiger partial charge in [-0.05, 0) is 54.4 Å². The van der Waals surface area contributed by atoms with Crippen LogP contribution in [0.5, 0.6) is 5.88 Å². The highest BCUT2D eigenvalue weighted by molar-refractivity contribution is 5.92. The van der Waals surface area contributed by atoms with Gasteiger partial charge in [-0.3, -0.25) is 4.98 Å². The van der Waals surface area contributed by atoms with E-state index in [9.17, 15) is 14.3 Å². The van der Waals surface area contributed by atoms with Gasteiger partial charge >= 0.3 is 5.97 Å². The fraction of sp³-hybridized carbons (Fsp3) is 0.200. The van der Waals surface area contributed by atoms with Gasteiger partial charge in [0.05, 0.1) is 28.9 Å². The number of carboxylic acid groups (broad SMARTS) is 1. The molecule has 204 valence electrons. The molecular formula is C30H26F2N4O4. The maximum Gasteiger partial charge on any atom is 0.335 e. The van der Waals surface area contributed by atoms with Gasteiger partial charge in [-0.1, -0.05) is 18.2 Å². The summed E-state index contributed by atoms with van der Waals surface area (Å²) < 4.78 is 42.1. The minimum Gasteiger partial charge on any atom is -0.478 e. The number of imidazole rings is 1. The fourth-order valence-corrected chi connectivity index (χ4v) is 4.37. The first-order valence-corrected chi connectivity index (χ1v) is 12.5. The zero-order valence-electron chi connectivity index (χ0n) is 21.9. The average molecular weight is 545 g/mol. The number of rotatable bonds is 10. The lowest BCUT2D eigenvalue weighted by molar-refractivity contribution is 0.0697. The van der Waals surface area contributed by atoms with Gasteiger partial charge in [0.2, 0.25) is 5.88 Å². The number of methoxy groups -OCH3 is 1. The summed E-state index contributed by atoms with van der Waals surface area (Å²) in [6.45, 7) is 2.63. The Hall–Kier alpha value is -4.70. The molecule has 0 unspecified atom stereocenters. The van der Waals surface area contributed by atoms with Gasteiger partial charge in [0, 0.05) is 37.9 Å². The lowest BCUT2D eigenvalue weighted by Crippen LogP contribution is -2.09. The molecule has 0 radical (unpaired) electrons. The van der Waals surface area contributed by atoms with Crippen LogP contribution in [0.15, 0.2) is 66.9 Å². The van der Waals surface area contributed by atoms with Gasteiger partial charge in [0.15, 0.2) is 5.82 Å². The molecule has 5 aromatic rings. The molecule has 0 bridgehead atoms. The molecule has 0 fully saturated rings. The number of hydrogen-bond acceptors (Lipinski definition) is 6. The summed E-state index contributed by atoms with van der Waals surface area (Å²) >= 11 is 0. The number of benzene rings is 2. The van der Waals surface area contributed by atoms with Crippen molar-refractivity contribution in [3.05, 3.63) is 107 Å². The lowest BCUT2D eigenvalue weighted by atomic mass is 10.1. The Morgan fingerprint density at radius 2 is 1.88 bits per heavy atom. The van der Waals surface area contributed by atoms with Crippen molar-refractivity contribution in [2.24, 2.45) is 0 Å². The van der Waals surface area contributed by atoms with E-state index in [0.717, 1.165) is 5.56 Å². The number of carbonyl (C=O) groups is 1. The van der Waals surface area contributed by atoms with Crippen LogP contribution in [-0.2, 0) is 24.3 Å². The number of aromatic nitrogens is 4. The molecule has 10 heteroatoms. The van der Waals surface area contributed by atoms with Crippen LogP contribution in [0.2, 0.25) is 0 Å². The highest BCUT2D eigenvalue weighted by Gasteiger charge is 2.16. The quantitative estimate of drug-likeness (QED) is 0.245. The molecule has 3 heterocycles. The van der Waals surface area contributed by atoms with Crippen LogP contribution in [0.1, 0.15) is 32.9 Å². The predicted molar refractivity (Wildman–Crippen MR) is 144 cm³/mol. The molecule has 8 nitrogen and oxygen atoms in total. The smallest absolute Gasteiger partial charge is 0.335 e. The Labute approximate surface area is 228 Å². The molecule has 0 saturated carbocycles. The van der Waals surface area contributed by atoms with E-state index in [4.69, 9.17) is 9.47 Å². The number of hydrogen-bond donors (Lipinski definition) is 1. The second-order valence-corrected chi connectivity index (χ2v) is 9.28. The van der Waals surface area contributed by atoms with E-state index in [0.29, 0.717) is 41.1 Å². The monoisotopic (exact) mass is 544 g/mol. The van der Waals surface area contributed by atoms with Crippen LogP contribution < -0.4 is 4.74 Å². The second-order valence-electron chi connectivity index (χ2n) is 9.28. The first-order valence-electron chi connectivity index (χ1n) is 12.5. The van der Waals surface area contributed by atoms with Crippen LogP contribution in [0, 0.1) is 18.6 Å². The molecule has 2 aromatic carbocycles. The van der Waals surface area contributed by atoms with E-state index in [1.54, 1.807) is 62.7 Å². The van der Waals surface area contributed by atoms with E-state index < -0.39 is 11.8 Å². The Kier molecular flexibility index (Phi) is 7.79. The molecule has 0 amide bonds. The van der Waals surface area contributed by atoms with Crippen molar-refractivity contribution in [3.63, 3.8) is 0 Å². The summed E-state index contributed by atoms with van der Waals surface area (Å²) in [6.07, 6.45) is 1.82. The number of nitrogens with zero attached hydrogens (tertiary/aromatic N) is 4. The van der Waals surface area contributed by atoms with Gasteiger partial charge in [-0.15, -0.1) is 0 Å². The third-order valence-corrected chi connectivity index (χ3v) is 6.40. The molecule has 0 spiro atoms. The second kappa shape index (κ2) is 11.6. The molecule has 0 aliphatic carbocycles. The van der Waals surface area contributed by atoms with Crippen LogP contribution in [0.3, 0.4) is 0 Å². The first-order chi connectivity index (χ1) is 19.3. The summed E-state index contributed by atoms with van der Waals surface area (Å²) in [5.74, 6) is -1.12. The number of halogens is 2. The van der Waals surface area contributed by atoms with Crippen LogP contribution in [-0.4, -0.2) is 44.3 Å². The van der Waals surface area contributed by atoms with Crippen LogP contribution >= 0.6 is 0 Å². The molecule has 0 atom stereocenters. The summed E-state index contributed by atoms with van der Waals surface area (Å²) in [5.41, 5.74) is 3.55. The van der Waals surface area contributed by atoms with Gasteiger partial charge in [0.25, 0.3) is 0 Å². The summed E-state index contributed by atoms with van der Waals surface area (Å²) in [5, 5.41) is 9.39. The van der Waals surface area contributed by atoms with E-state index in [-0.39, 0.29) is 41.7 Å². The van der Waals surface area contributed by atoms with E-state index in [1.807, 2.05) is 4.57 Å². The molecule has 1 N–H and O–H groups in total. The Morgan fingerprint density at radius 1 is 1.02 bits per heavy atom. The predicted octanol–water partition coefficient (Wildman–Crippen LogP) is 5.59. The molecule has 5 rings (SSSR count). The van der Waals surface area contributed by atoms with E-state index in [2.05, 4.69) is 15.0 Å². The van der Waals surface area contributed by atoms with Gasteiger partial charge in [0.1, 0.15) is 23.9 Å². The molecule has 40 heavy (non-hydrogen) atoms. The number of ether oxygens (including phenoxy) is 2. The lowest BCUT2D eigenvalue weighted by Gasteiger charge is -2.10. The van der Waals surface area contributed by atoms with Crippen molar-refractivity contribution in [1.29, 1.82) is 0 Å². The third kappa shape index (κ3) is 5.81. The van der Waals surface area contributed by atoms with Crippen molar-refractivity contribution in [1.82, 2.24) is 19.5 Å². The zero-order valence-corrected chi connectivity index (χ0v) is 21.9. The SMILES string of the molecule is COCCn1c(Cc2cnc(-c3cccc(OCc4ccc(C)cc4F)n3)c(F)c2)nc2ccc(C(=O)O)cc21. The number of aromatic carboxylic acids is 1. The minimum absolute atomic E-state index is 0.0184. The highest BCUT2D eigenvalue weighted by atomic mass is 19.1. The van der Waals surface area contributed by atoms with Crippen LogP contribution in [0.4, 0.5) is 8.78 Å². The Bertz CT molecular complexity index is 1700. The van der Waals surface area contributed by atoms with Gasteiger partial charge in [-0.25, -0.2) is 23.5 Å². The topological polar surface area (TPSA) is 99.4 Å². The number of aryl methyl sites for hydroxylation is 1. The van der Waals surface area contributed by atoms with Crippen molar-refractivity contribution >= 4 is 17.0 Å². The van der Waals surface area contributed by atoms with Crippen molar-refractivity contribution in [3.8, 4) is 17.3 Å². The average Bonchev–Trinajstić information content (AvgIpc) is 3.27. The molecule has 0 saturated heterocycles. The zero-order chi connectivity index (χ0) is 28.2. The normalized spacial score (nSPS) is 11.2. The van der Waals surface area contributed by atoms with E-state index in [1.165, 1.54) is 18.2 Å². The largest absolute Gasteiger partial charge is 0.478 e. The third-order valence-electron chi connectivity index (χ3n) is 6.40. The van der Waals surface area contributed by atoms with Gasteiger partial charge in [-0.2, -0.15) is 0 Å². The molecular weight excluding hydrogens is 518 g/mol. The molecule has 0 aliphatic heterocycles. The fourth-order valence-electron chi connectivity index (χ4n) is 4.37. The number of carboxylic acids is 1. The van der Waals surface area contributed by atoms with E-state index >= 15 is 4.39 Å². The van der Waals surface area contributed by atoms with Crippen LogP contribution in [0.25, 0.3) is 22.4 Å². The summed E-state index contributed by atoms with van der Waals surface area (Å²) in [7, 11) is 1.58. The van der Waals surface area contributed by atoms with Crippen molar-refractivity contribution in [2.75, 3.05) is 13.7 Å². The highest BCUT2D eigenvalue weighted by Crippen LogP contribution is 2.25. The number of pyridine rings is 2. The maximum atomic E-state index is 15.3. The summed E-state index contributed by atoms with van der Waals surface area (Å²) in [6, 6.07) is 15.9. The van der Waals surface area contributed by atoms with Crippen molar-refractivity contribution < 1.29 is 28.2 Å². The van der Waals surface area contributed by atoms with Crippen molar-refractivity contribution in [2.45, 2.75) is 26.5 Å². The number of fused-ring (bicyclic) bond motifs is 1.